The van der Waals surface area contributed by atoms with Crippen molar-refractivity contribution in [1.82, 2.24) is 14.9 Å². The van der Waals surface area contributed by atoms with Crippen molar-refractivity contribution in [2.75, 3.05) is 5.73 Å². The Bertz CT molecular complexity index is 450. The van der Waals surface area contributed by atoms with E-state index in [1.807, 2.05) is 0 Å². The lowest BCUT2D eigenvalue weighted by Gasteiger charge is -2.15. The van der Waals surface area contributed by atoms with E-state index in [1.54, 1.807) is 0 Å². The summed E-state index contributed by atoms with van der Waals surface area (Å²) in [5.74, 6) is 0.0522. The number of nitrogens with two attached hydrogens (primary N) is 1. The van der Waals surface area contributed by atoms with Gasteiger partial charge in [-0.05, 0) is 6.42 Å². The molecule has 0 bridgehead atoms. The van der Waals surface area contributed by atoms with Crippen LogP contribution in [-0.2, 0) is 16.1 Å². The van der Waals surface area contributed by atoms with Crippen molar-refractivity contribution in [2.24, 2.45) is 11.8 Å². The third-order valence-corrected chi connectivity index (χ3v) is 3.00. The Morgan fingerprint density at radius 2 is 1.94 bits per heavy atom. The number of likely N-dealkylation sites (tertiary alicyclic amines) is 1. The van der Waals surface area contributed by atoms with E-state index >= 15 is 0 Å². The molecule has 6 heteroatoms. The number of fused-ring (bicyclic) bond motifs is 1. The van der Waals surface area contributed by atoms with Crippen LogP contribution in [0.1, 0.15) is 12.1 Å². The van der Waals surface area contributed by atoms with E-state index in [0.29, 0.717) is 11.5 Å². The average Bonchev–Trinajstić information content (AvgIpc) is 3.02. The zero-order valence-electron chi connectivity index (χ0n) is 8.46. The van der Waals surface area contributed by atoms with Crippen molar-refractivity contribution in [3.05, 3.63) is 18.1 Å². The van der Waals surface area contributed by atoms with Crippen LogP contribution in [0.2, 0.25) is 0 Å². The first-order valence-corrected chi connectivity index (χ1v) is 5.08. The van der Waals surface area contributed by atoms with Crippen molar-refractivity contribution < 1.29 is 9.59 Å². The van der Waals surface area contributed by atoms with Gasteiger partial charge in [0.2, 0.25) is 11.8 Å². The van der Waals surface area contributed by atoms with Crippen molar-refractivity contribution in [2.45, 2.75) is 13.0 Å². The maximum absolute atomic E-state index is 11.7. The molecule has 1 saturated carbocycles. The van der Waals surface area contributed by atoms with Gasteiger partial charge in [-0.1, -0.05) is 0 Å². The van der Waals surface area contributed by atoms with Crippen LogP contribution in [0.3, 0.4) is 0 Å². The van der Waals surface area contributed by atoms with Crippen LogP contribution in [0.5, 0.6) is 0 Å². The molecule has 2 aliphatic rings. The molecule has 2 heterocycles. The zero-order chi connectivity index (χ0) is 11.3. The van der Waals surface area contributed by atoms with Gasteiger partial charge >= 0.3 is 0 Å². The summed E-state index contributed by atoms with van der Waals surface area (Å²) in [4.78, 5) is 32.5. The van der Waals surface area contributed by atoms with Crippen molar-refractivity contribution in [1.29, 1.82) is 0 Å². The standard InChI is InChI=1S/C10H10N4O2/c11-8-3-12-5(2-13-8)4-14-9(15)6-1-7(6)10(14)16/h2-3,6-7H,1,4H2,(H2,11,13). The largest absolute Gasteiger partial charge is 0.382 e. The zero-order valence-corrected chi connectivity index (χ0v) is 8.46. The van der Waals surface area contributed by atoms with Crippen LogP contribution in [0, 0.1) is 11.8 Å². The number of aromatic nitrogens is 2. The highest BCUT2D eigenvalue weighted by Crippen LogP contribution is 2.47. The first kappa shape index (κ1) is 9.26. The second kappa shape index (κ2) is 3.01. The predicted molar refractivity (Wildman–Crippen MR) is 53.6 cm³/mol. The van der Waals surface area contributed by atoms with Gasteiger partial charge in [0, 0.05) is 0 Å². The molecule has 1 saturated heterocycles. The molecule has 2 amide bonds. The molecule has 2 N–H and O–H groups in total. The van der Waals surface area contributed by atoms with Crippen molar-refractivity contribution in [3.63, 3.8) is 0 Å². The van der Waals surface area contributed by atoms with Crippen molar-refractivity contribution in [3.8, 4) is 0 Å². The normalized spacial score (nSPS) is 27.1. The molecular formula is C10H10N4O2. The molecular weight excluding hydrogens is 208 g/mol. The Kier molecular flexibility index (Phi) is 1.74. The van der Waals surface area contributed by atoms with Crippen LogP contribution in [0.4, 0.5) is 5.82 Å². The van der Waals surface area contributed by atoms with Gasteiger partial charge < -0.3 is 5.73 Å². The summed E-state index contributed by atoms with van der Waals surface area (Å²) < 4.78 is 0. The van der Waals surface area contributed by atoms with Crippen molar-refractivity contribution >= 4 is 17.6 Å². The smallest absolute Gasteiger partial charge is 0.233 e. The summed E-state index contributed by atoms with van der Waals surface area (Å²) in [6.45, 7) is 0.206. The minimum absolute atomic E-state index is 0.0609. The molecule has 1 aliphatic carbocycles. The van der Waals surface area contributed by atoms with Crippen LogP contribution >= 0.6 is 0 Å². The molecule has 3 rings (SSSR count). The summed E-state index contributed by atoms with van der Waals surface area (Å²) in [5, 5.41) is 0. The van der Waals surface area contributed by atoms with Gasteiger partial charge in [-0.3, -0.25) is 19.5 Å². The van der Waals surface area contributed by atoms with Crippen LogP contribution in [0.15, 0.2) is 12.4 Å². The van der Waals surface area contributed by atoms with E-state index < -0.39 is 0 Å². The molecule has 2 atom stereocenters. The van der Waals surface area contributed by atoms with Gasteiger partial charge in [-0.15, -0.1) is 0 Å². The number of carbonyl (C=O) groups excluding carboxylic acids is 2. The van der Waals surface area contributed by atoms with E-state index in [9.17, 15) is 9.59 Å². The molecule has 1 aromatic rings. The molecule has 1 aliphatic heterocycles. The number of nitrogen functional groups attached to an aromatic ring is 1. The SMILES string of the molecule is Nc1cnc(CN2C(=O)C3CC3C2=O)cn1. The Morgan fingerprint density at radius 1 is 1.25 bits per heavy atom. The Balaban J connectivity index is 1.78. The number of rotatable bonds is 2. The van der Waals surface area contributed by atoms with Crippen LogP contribution in [0.25, 0.3) is 0 Å². The second-order valence-electron chi connectivity index (χ2n) is 4.14. The molecule has 16 heavy (non-hydrogen) atoms. The highest BCUT2D eigenvalue weighted by atomic mass is 16.2. The maximum Gasteiger partial charge on any atom is 0.233 e. The number of piperidine rings is 1. The highest BCUT2D eigenvalue weighted by molar-refractivity contribution is 6.08. The summed E-state index contributed by atoms with van der Waals surface area (Å²) in [6, 6.07) is 0. The summed E-state index contributed by atoms with van der Waals surface area (Å²) >= 11 is 0. The Hall–Kier alpha value is -1.98. The lowest BCUT2D eigenvalue weighted by atomic mass is 10.3. The molecule has 82 valence electrons. The lowest BCUT2D eigenvalue weighted by Crippen LogP contribution is -2.32. The fourth-order valence-corrected chi connectivity index (χ4v) is 2.01. The summed E-state index contributed by atoms with van der Waals surface area (Å²) in [5.41, 5.74) is 5.98. The Morgan fingerprint density at radius 3 is 2.50 bits per heavy atom. The van der Waals surface area contributed by atoms with E-state index in [-0.39, 0.29) is 30.2 Å². The summed E-state index contributed by atoms with van der Waals surface area (Å²) in [6.07, 6.45) is 3.63. The molecule has 6 nitrogen and oxygen atoms in total. The van der Waals surface area contributed by atoms with Gasteiger partial charge in [0.25, 0.3) is 0 Å². The van der Waals surface area contributed by atoms with Gasteiger partial charge in [-0.2, -0.15) is 0 Å². The number of anilines is 1. The fourth-order valence-electron chi connectivity index (χ4n) is 2.01. The molecule has 2 unspecified atom stereocenters. The van der Waals surface area contributed by atoms with Gasteiger partial charge in [-0.25, -0.2) is 4.98 Å². The molecule has 0 spiro atoms. The Labute approximate surface area is 91.5 Å². The van der Waals surface area contributed by atoms with Gasteiger partial charge in [0.05, 0.1) is 36.5 Å². The number of amides is 2. The topological polar surface area (TPSA) is 89.2 Å². The van der Waals surface area contributed by atoms with E-state index in [0.717, 1.165) is 6.42 Å². The first-order valence-electron chi connectivity index (χ1n) is 5.08. The maximum atomic E-state index is 11.7. The minimum Gasteiger partial charge on any atom is -0.382 e. The van der Waals surface area contributed by atoms with Crippen LogP contribution in [-0.4, -0.2) is 26.7 Å². The first-order chi connectivity index (χ1) is 7.66. The number of nitrogens with zero attached hydrogens (tertiary/aromatic N) is 3. The number of imide groups is 1. The number of hydrogen-bond donors (Lipinski definition) is 1. The molecule has 1 aromatic heterocycles. The quantitative estimate of drug-likeness (QED) is 0.680. The van der Waals surface area contributed by atoms with E-state index in [1.165, 1.54) is 17.3 Å². The van der Waals surface area contributed by atoms with E-state index in [4.69, 9.17) is 5.73 Å². The molecule has 2 fully saturated rings. The predicted octanol–water partition coefficient (Wildman–Crippen LogP) is -0.436. The van der Waals surface area contributed by atoms with E-state index in [2.05, 4.69) is 9.97 Å². The summed E-state index contributed by atoms with van der Waals surface area (Å²) in [7, 11) is 0. The highest BCUT2D eigenvalue weighted by Gasteiger charge is 2.58. The molecule has 0 radical (unpaired) electrons. The number of carbonyl (C=O) groups is 2. The lowest BCUT2D eigenvalue weighted by molar-refractivity contribution is -0.142. The monoisotopic (exact) mass is 218 g/mol. The minimum atomic E-state index is -0.0753. The molecule has 0 aromatic carbocycles. The third-order valence-electron chi connectivity index (χ3n) is 3.00. The third kappa shape index (κ3) is 1.26. The van der Waals surface area contributed by atoms with Gasteiger partial charge in [0.15, 0.2) is 0 Å². The average molecular weight is 218 g/mol. The fraction of sp³-hybridized carbons (Fsp3) is 0.400. The van der Waals surface area contributed by atoms with Crippen LogP contribution < -0.4 is 5.73 Å². The number of hydrogen-bond acceptors (Lipinski definition) is 5. The second-order valence-corrected chi connectivity index (χ2v) is 4.14. The van der Waals surface area contributed by atoms with Gasteiger partial charge in [0.1, 0.15) is 5.82 Å².